The van der Waals surface area contributed by atoms with E-state index in [-0.39, 0.29) is 13.2 Å². The molecule has 0 aliphatic carbocycles. The Morgan fingerprint density at radius 1 is 1.20 bits per heavy atom. The lowest BCUT2D eigenvalue weighted by Gasteiger charge is -2.19. The van der Waals surface area contributed by atoms with E-state index in [1.807, 2.05) is 0 Å². The summed E-state index contributed by atoms with van der Waals surface area (Å²) in [5, 5.41) is 0. The van der Waals surface area contributed by atoms with Crippen LogP contribution in [0.2, 0.25) is 0 Å². The Balaban J connectivity index is 4.56. The molecule has 0 saturated carbocycles. The molecule has 0 unspecified atom stereocenters. The number of ether oxygens (including phenoxy) is 2. The van der Waals surface area contributed by atoms with Crippen molar-refractivity contribution in [3.05, 3.63) is 0 Å². The molecule has 0 aromatic heterocycles. The monoisotopic (exact) mass is 224 g/mol. The van der Waals surface area contributed by atoms with Crippen LogP contribution in [0.4, 0.5) is 8.78 Å². The van der Waals surface area contributed by atoms with Crippen LogP contribution in [-0.2, 0) is 19.1 Å². The van der Waals surface area contributed by atoms with Gasteiger partial charge in [-0.2, -0.15) is 8.78 Å². The molecule has 0 rings (SSSR count). The highest BCUT2D eigenvalue weighted by Gasteiger charge is 2.50. The van der Waals surface area contributed by atoms with Gasteiger partial charge in [0.05, 0.1) is 13.2 Å². The molecule has 1 atom stereocenters. The van der Waals surface area contributed by atoms with E-state index in [1.54, 1.807) is 0 Å². The zero-order chi connectivity index (χ0) is 12.1. The molecule has 0 saturated heterocycles. The second kappa shape index (κ2) is 5.63. The van der Waals surface area contributed by atoms with Crippen molar-refractivity contribution in [3.63, 3.8) is 0 Å². The number of esters is 2. The van der Waals surface area contributed by atoms with E-state index in [0.717, 1.165) is 6.92 Å². The Hall–Kier alpha value is -1.20. The van der Waals surface area contributed by atoms with Crippen LogP contribution >= 0.6 is 0 Å². The summed E-state index contributed by atoms with van der Waals surface area (Å²) < 4.78 is 34.9. The van der Waals surface area contributed by atoms with Crippen molar-refractivity contribution in [1.82, 2.24) is 0 Å². The van der Waals surface area contributed by atoms with Gasteiger partial charge in [0.15, 0.2) is 0 Å². The second-order valence-corrected chi connectivity index (χ2v) is 2.82. The Labute approximate surface area is 86.5 Å². The number of carbonyl (C=O) groups excluding carboxylic acids is 2. The zero-order valence-electron chi connectivity index (χ0n) is 8.88. The van der Waals surface area contributed by atoms with Gasteiger partial charge in [-0.25, -0.2) is 4.79 Å². The van der Waals surface area contributed by atoms with Gasteiger partial charge in [-0.1, -0.05) is 0 Å². The van der Waals surface area contributed by atoms with Crippen molar-refractivity contribution in [2.75, 3.05) is 13.2 Å². The molecule has 6 heteroatoms. The van der Waals surface area contributed by atoms with Crippen molar-refractivity contribution in [2.45, 2.75) is 26.7 Å². The first kappa shape index (κ1) is 13.8. The van der Waals surface area contributed by atoms with E-state index >= 15 is 0 Å². The third-order valence-corrected chi connectivity index (χ3v) is 1.73. The highest BCUT2D eigenvalue weighted by Crippen LogP contribution is 2.27. The first-order valence-electron chi connectivity index (χ1n) is 4.59. The number of rotatable bonds is 5. The van der Waals surface area contributed by atoms with Crippen LogP contribution in [0.5, 0.6) is 0 Å². The predicted molar refractivity (Wildman–Crippen MR) is 47.4 cm³/mol. The summed E-state index contributed by atoms with van der Waals surface area (Å²) in [6, 6.07) is 0. The standard InChI is InChI=1S/C9H14F2O4/c1-4-14-7(12)6(3)9(10,11)8(13)15-5-2/h6H,4-5H2,1-3H3/t6-/m1/s1. The number of hydrogen-bond donors (Lipinski definition) is 0. The second-order valence-electron chi connectivity index (χ2n) is 2.82. The van der Waals surface area contributed by atoms with Gasteiger partial charge in [-0.15, -0.1) is 0 Å². The van der Waals surface area contributed by atoms with Crippen LogP contribution in [0, 0.1) is 5.92 Å². The first-order chi connectivity index (χ1) is 6.87. The van der Waals surface area contributed by atoms with Gasteiger partial charge in [-0.3, -0.25) is 4.79 Å². The van der Waals surface area contributed by atoms with Crippen LogP contribution in [0.1, 0.15) is 20.8 Å². The average molecular weight is 224 g/mol. The summed E-state index contributed by atoms with van der Waals surface area (Å²) in [7, 11) is 0. The maximum absolute atomic E-state index is 13.2. The lowest BCUT2D eigenvalue weighted by molar-refractivity contribution is -0.187. The highest BCUT2D eigenvalue weighted by atomic mass is 19.3. The molecule has 4 nitrogen and oxygen atoms in total. The smallest absolute Gasteiger partial charge is 0.377 e. The van der Waals surface area contributed by atoms with Gasteiger partial charge >= 0.3 is 17.9 Å². The van der Waals surface area contributed by atoms with Crippen molar-refractivity contribution in [2.24, 2.45) is 5.92 Å². The van der Waals surface area contributed by atoms with E-state index in [9.17, 15) is 18.4 Å². The average Bonchev–Trinajstić information content (AvgIpc) is 2.17. The third-order valence-electron chi connectivity index (χ3n) is 1.73. The molecule has 0 N–H and O–H groups in total. The Kier molecular flexibility index (Phi) is 5.18. The summed E-state index contributed by atoms with van der Waals surface area (Å²) in [6.45, 7) is 3.65. The van der Waals surface area contributed by atoms with Crippen molar-refractivity contribution >= 4 is 11.9 Å². The van der Waals surface area contributed by atoms with Gasteiger partial charge in [-0.05, 0) is 20.8 Å². The Bertz CT molecular complexity index is 240. The van der Waals surface area contributed by atoms with Crippen LogP contribution in [0.3, 0.4) is 0 Å². The zero-order valence-corrected chi connectivity index (χ0v) is 8.88. The lowest BCUT2D eigenvalue weighted by Crippen LogP contribution is -2.42. The fourth-order valence-electron chi connectivity index (χ4n) is 0.819. The molecular weight excluding hydrogens is 210 g/mol. The third kappa shape index (κ3) is 3.45. The van der Waals surface area contributed by atoms with E-state index in [0.29, 0.717) is 0 Å². The Morgan fingerprint density at radius 3 is 2.07 bits per heavy atom. The fraction of sp³-hybridized carbons (Fsp3) is 0.778. The van der Waals surface area contributed by atoms with Crippen LogP contribution in [0.25, 0.3) is 0 Å². The molecule has 0 bridgehead atoms. The van der Waals surface area contributed by atoms with Crippen molar-refractivity contribution in [1.29, 1.82) is 0 Å². The van der Waals surface area contributed by atoms with Gasteiger partial charge in [0.1, 0.15) is 5.92 Å². The number of hydrogen-bond acceptors (Lipinski definition) is 4. The maximum Gasteiger partial charge on any atom is 0.377 e. The minimum Gasteiger partial charge on any atom is -0.466 e. The minimum atomic E-state index is -3.84. The van der Waals surface area contributed by atoms with Crippen LogP contribution < -0.4 is 0 Å². The summed E-state index contributed by atoms with van der Waals surface area (Å²) in [6.07, 6.45) is 0. The van der Waals surface area contributed by atoms with Crippen molar-refractivity contribution < 1.29 is 27.8 Å². The molecule has 0 fully saturated rings. The topological polar surface area (TPSA) is 52.6 Å². The summed E-state index contributed by atoms with van der Waals surface area (Å²) in [5.74, 6) is -8.50. The molecule has 15 heavy (non-hydrogen) atoms. The number of alkyl halides is 2. The minimum absolute atomic E-state index is 0.0118. The summed E-state index contributed by atoms with van der Waals surface area (Å²) in [4.78, 5) is 21.8. The van der Waals surface area contributed by atoms with Gasteiger partial charge in [0.25, 0.3) is 0 Å². The molecule has 88 valence electrons. The van der Waals surface area contributed by atoms with E-state index in [1.165, 1.54) is 13.8 Å². The van der Waals surface area contributed by atoms with E-state index < -0.39 is 23.8 Å². The quantitative estimate of drug-likeness (QED) is 0.662. The fourth-order valence-corrected chi connectivity index (χ4v) is 0.819. The van der Waals surface area contributed by atoms with Crippen molar-refractivity contribution in [3.8, 4) is 0 Å². The molecule has 0 aromatic carbocycles. The maximum atomic E-state index is 13.2. The van der Waals surface area contributed by atoms with Crippen LogP contribution in [-0.4, -0.2) is 31.1 Å². The van der Waals surface area contributed by atoms with Gasteiger partial charge in [0.2, 0.25) is 0 Å². The number of carbonyl (C=O) groups is 2. The van der Waals surface area contributed by atoms with E-state index in [4.69, 9.17) is 0 Å². The SMILES string of the molecule is CCOC(=O)[C@@H](C)C(F)(F)C(=O)OCC. The van der Waals surface area contributed by atoms with Crippen LogP contribution in [0.15, 0.2) is 0 Å². The highest BCUT2D eigenvalue weighted by molar-refractivity contribution is 5.85. The molecular formula is C9H14F2O4. The first-order valence-corrected chi connectivity index (χ1v) is 4.59. The molecule has 0 aromatic rings. The Morgan fingerprint density at radius 2 is 1.67 bits per heavy atom. The van der Waals surface area contributed by atoms with E-state index in [2.05, 4.69) is 9.47 Å². The summed E-state index contributed by atoms with van der Waals surface area (Å²) >= 11 is 0. The molecule has 0 spiro atoms. The van der Waals surface area contributed by atoms with Gasteiger partial charge < -0.3 is 9.47 Å². The normalized spacial score (nSPS) is 13.1. The molecule has 0 aliphatic rings. The molecule has 0 aliphatic heterocycles. The van der Waals surface area contributed by atoms with Gasteiger partial charge in [0, 0.05) is 0 Å². The number of halogens is 2. The molecule has 0 radical (unpaired) electrons. The molecule has 0 heterocycles. The lowest BCUT2D eigenvalue weighted by atomic mass is 10.0. The predicted octanol–water partition coefficient (Wildman–Crippen LogP) is 1.38. The summed E-state index contributed by atoms with van der Waals surface area (Å²) in [5.41, 5.74) is 0. The molecule has 0 amide bonds. The largest absolute Gasteiger partial charge is 0.466 e.